The molecule has 0 fully saturated rings. The van der Waals surface area contributed by atoms with E-state index in [1.54, 1.807) is 24.3 Å². The number of rotatable bonds is 7. The van der Waals surface area contributed by atoms with Gasteiger partial charge in [0.05, 0.1) is 11.8 Å². The summed E-state index contributed by atoms with van der Waals surface area (Å²) in [6, 6.07) is 22.3. The average Bonchev–Trinajstić information content (AvgIpc) is 2.92. The van der Waals surface area contributed by atoms with Crippen LogP contribution in [0.1, 0.15) is 80.6 Å². The van der Waals surface area contributed by atoms with Gasteiger partial charge in [0.2, 0.25) is 5.91 Å². The average molecular weight is 630 g/mol. The standard InChI is InChI=1S/C35H37BrN2O4/c1-34(2,3)28-18-22(19-29(32(28)40)35(4,5)6)14-17-31(39)38-37-21-24-20-25(36)15-16-30(24)42-33(41)27-13-9-11-23-10-7-8-12-26(23)27/h7-13,15-16,18-21,40H,14,17H2,1-6H3,(H,38,39)/b37-21-. The number of nitrogens with one attached hydrogen (secondary N) is 1. The molecule has 4 rings (SSSR count). The van der Waals surface area contributed by atoms with Gasteiger partial charge in [-0.25, -0.2) is 10.2 Å². The van der Waals surface area contributed by atoms with E-state index in [0.29, 0.717) is 29.0 Å². The highest BCUT2D eigenvalue weighted by Gasteiger charge is 2.26. The fraction of sp³-hybridized carbons (Fsp3) is 0.286. The van der Waals surface area contributed by atoms with Crippen molar-refractivity contribution in [3.63, 3.8) is 0 Å². The molecule has 42 heavy (non-hydrogen) atoms. The molecule has 0 radical (unpaired) electrons. The fourth-order valence-electron chi connectivity index (χ4n) is 4.74. The molecule has 4 aromatic rings. The number of hydrogen-bond acceptors (Lipinski definition) is 5. The van der Waals surface area contributed by atoms with Crippen molar-refractivity contribution in [2.75, 3.05) is 0 Å². The SMILES string of the molecule is CC(C)(C)c1cc(CCC(=O)N/N=C\c2cc(Br)ccc2OC(=O)c2cccc3ccccc23)cc(C(C)(C)C)c1O. The number of hydrazone groups is 1. The van der Waals surface area contributed by atoms with Gasteiger partial charge in [-0.05, 0) is 69.0 Å². The monoisotopic (exact) mass is 628 g/mol. The maximum absolute atomic E-state index is 13.1. The number of halogens is 1. The van der Waals surface area contributed by atoms with Crippen molar-refractivity contribution in [3.8, 4) is 11.5 Å². The van der Waals surface area contributed by atoms with Gasteiger partial charge in [-0.15, -0.1) is 0 Å². The zero-order valence-electron chi connectivity index (χ0n) is 24.9. The summed E-state index contributed by atoms with van der Waals surface area (Å²) in [7, 11) is 0. The summed E-state index contributed by atoms with van der Waals surface area (Å²) in [5.41, 5.74) is 5.80. The van der Waals surface area contributed by atoms with Crippen LogP contribution in [0.3, 0.4) is 0 Å². The van der Waals surface area contributed by atoms with E-state index in [-0.39, 0.29) is 23.2 Å². The largest absolute Gasteiger partial charge is 0.507 e. The van der Waals surface area contributed by atoms with Gasteiger partial charge in [-0.1, -0.05) is 106 Å². The summed E-state index contributed by atoms with van der Waals surface area (Å²) in [5.74, 6) is -0.0920. The van der Waals surface area contributed by atoms with Gasteiger partial charge in [0, 0.05) is 16.5 Å². The second-order valence-corrected chi connectivity index (χ2v) is 13.3. The zero-order chi connectivity index (χ0) is 30.7. The summed E-state index contributed by atoms with van der Waals surface area (Å²) in [4.78, 5) is 25.8. The van der Waals surface area contributed by atoms with Crippen LogP contribution in [0, 0.1) is 0 Å². The normalized spacial score (nSPS) is 12.1. The first kappa shape index (κ1) is 31.0. The Hall–Kier alpha value is -3.97. The Morgan fingerprint density at radius 2 is 1.55 bits per heavy atom. The maximum atomic E-state index is 13.1. The van der Waals surface area contributed by atoms with E-state index in [1.807, 2.05) is 48.5 Å². The molecule has 0 spiro atoms. The number of esters is 1. The predicted octanol–water partition coefficient (Wildman–Crippen LogP) is 8.21. The number of phenolic OH excluding ortho intramolecular Hbond substituents is 1. The van der Waals surface area contributed by atoms with Crippen LogP contribution in [0.25, 0.3) is 10.8 Å². The Kier molecular flexibility index (Phi) is 9.21. The molecule has 0 unspecified atom stereocenters. The van der Waals surface area contributed by atoms with Gasteiger partial charge in [0.15, 0.2) is 0 Å². The van der Waals surface area contributed by atoms with Crippen molar-refractivity contribution in [1.82, 2.24) is 5.43 Å². The molecule has 0 saturated carbocycles. The Bertz CT molecular complexity index is 1620. The third-order valence-corrected chi connectivity index (χ3v) is 7.50. The Morgan fingerprint density at radius 1 is 0.905 bits per heavy atom. The van der Waals surface area contributed by atoms with Crippen molar-refractivity contribution in [2.45, 2.75) is 65.2 Å². The lowest BCUT2D eigenvalue weighted by Crippen LogP contribution is -2.20. The minimum Gasteiger partial charge on any atom is -0.507 e. The van der Waals surface area contributed by atoms with Crippen molar-refractivity contribution >= 4 is 44.8 Å². The van der Waals surface area contributed by atoms with Crippen molar-refractivity contribution in [2.24, 2.45) is 5.10 Å². The molecule has 0 aliphatic heterocycles. The highest BCUT2D eigenvalue weighted by molar-refractivity contribution is 9.10. The third-order valence-electron chi connectivity index (χ3n) is 7.00. The topological polar surface area (TPSA) is 88.0 Å². The van der Waals surface area contributed by atoms with Crippen LogP contribution in [-0.4, -0.2) is 23.2 Å². The number of hydrogen-bond donors (Lipinski definition) is 2. The summed E-state index contributed by atoms with van der Waals surface area (Å²) in [6.07, 6.45) is 2.18. The van der Waals surface area contributed by atoms with Gasteiger partial charge in [-0.2, -0.15) is 5.10 Å². The lowest BCUT2D eigenvalue weighted by atomic mass is 9.78. The van der Waals surface area contributed by atoms with E-state index in [9.17, 15) is 14.7 Å². The number of aromatic hydroxyl groups is 1. The van der Waals surface area contributed by atoms with E-state index in [1.165, 1.54) is 6.21 Å². The Morgan fingerprint density at radius 3 is 2.21 bits per heavy atom. The van der Waals surface area contributed by atoms with Gasteiger partial charge in [0.25, 0.3) is 0 Å². The first-order chi connectivity index (χ1) is 19.7. The minimum absolute atomic E-state index is 0.219. The number of benzene rings is 4. The molecular formula is C35H37BrN2O4. The summed E-state index contributed by atoms with van der Waals surface area (Å²) < 4.78 is 6.54. The molecule has 0 aromatic heterocycles. The smallest absolute Gasteiger partial charge is 0.344 e. The van der Waals surface area contributed by atoms with E-state index in [2.05, 4.69) is 68.0 Å². The lowest BCUT2D eigenvalue weighted by Gasteiger charge is -2.28. The van der Waals surface area contributed by atoms with E-state index >= 15 is 0 Å². The number of carbonyl (C=O) groups excluding carboxylic acids is 2. The molecular weight excluding hydrogens is 592 g/mol. The van der Waals surface area contributed by atoms with Gasteiger partial charge >= 0.3 is 5.97 Å². The van der Waals surface area contributed by atoms with Crippen LogP contribution in [0.2, 0.25) is 0 Å². The first-order valence-electron chi connectivity index (χ1n) is 13.9. The number of aryl methyl sites for hydroxylation is 1. The number of carbonyl (C=O) groups is 2. The molecule has 0 heterocycles. The molecule has 0 aliphatic carbocycles. The second-order valence-electron chi connectivity index (χ2n) is 12.4. The number of amides is 1. The fourth-order valence-corrected chi connectivity index (χ4v) is 5.12. The molecule has 0 atom stereocenters. The van der Waals surface area contributed by atoms with E-state index in [0.717, 1.165) is 31.9 Å². The molecule has 6 nitrogen and oxygen atoms in total. The van der Waals surface area contributed by atoms with E-state index < -0.39 is 5.97 Å². The molecule has 0 saturated heterocycles. The molecule has 0 aliphatic rings. The maximum Gasteiger partial charge on any atom is 0.344 e. The van der Waals surface area contributed by atoms with Gasteiger partial charge < -0.3 is 9.84 Å². The van der Waals surface area contributed by atoms with Crippen LogP contribution >= 0.6 is 15.9 Å². The molecule has 1 amide bonds. The van der Waals surface area contributed by atoms with Crippen LogP contribution in [0.4, 0.5) is 0 Å². The summed E-state index contributed by atoms with van der Waals surface area (Å²) in [6.45, 7) is 12.4. The highest BCUT2D eigenvalue weighted by Crippen LogP contribution is 2.40. The van der Waals surface area contributed by atoms with Gasteiger partial charge in [-0.3, -0.25) is 4.79 Å². The summed E-state index contributed by atoms with van der Waals surface area (Å²) in [5, 5.41) is 16.9. The highest BCUT2D eigenvalue weighted by atomic mass is 79.9. The predicted molar refractivity (Wildman–Crippen MR) is 173 cm³/mol. The summed E-state index contributed by atoms with van der Waals surface area (Å²) >= 11 is 3.45. The molecule has 0 bridgehead atoms. The van der Waals surface area contributed by atoms with Crippen LogP contribution in [0.5, 0.6) is 11.5 Å². The lowest BCUT2D eigenvalue weighted by molar-refractivity contribution is -0.121. The number of fused-ring (bicyclic) bond motifs is 1. The molecule has 4 aromatic carbocycles. The van der Waals surface area contributed by atoms with Crippen molar-refractivity contribution in [3.05, 3.63) is 105 Å². The Labute approximate surface area is 255 Å². The van der Waals surface area contributed by atoms with Crippen molar-refractivity contribution in [1.29, 1.82) is 0 Å². The Balaban J connectivity index is 1.46. The quantitative estimate of drug-likeness (QED) is 0.0934. The third kappa shape index (κ3) is 7.45. The van der Waals surface area contributed by atoms with E-state index in [4.69, 9.17) is 4.74 Å². The number of nitrogens with zero attached hydrogens (tertiary/aromatic N) is 1. The molecule has 218 valence electrons. The van der Waals surface area contributed by atoms with Crippen LogP contribution in [0.15, 0.2) is 82.4 Å². The van der Waals surface area contributed by atoms with Crippen LogP contribution in [-0.2, 0) is 22.0 Å². The number of ether oxygens (including phenoxy) is 1. The first-order valence-corrected chi connectivity index (χ1v) is 14.7. The molecule has 7 heteroatoms. The number of phenols is 1. The van der Waals surface area contributed by atoms with Crippen LogP contribution < -0.4 is 10.2 Å². The minimum atomic E-state index is -0.481. The molecule has 2 N–H and O–H groups in total. The second kappa shape index (κ2) is 12.5. The van der Waals surface area contributed by atoms with Crippen molar-refractivity contribution < 1.29 is 19.4 Å². The van der Waals surface area contributed by atoms with Gasteiger partial charge in [0.1, 0.15) is 11.5 Å². The zero-order valence-corrected chi connectivity index (χ0v) is 26.5.